The summed E-state index contributed by atoms with van der Waals surface area (Å²) in [6.07, 6.45) is 0.448. The molecule has 1 aromatic carbocycles. The average Bonchev–Trinajstić information content (AvgIpc) is 2.55. The highest BCUT2D eigenvalue weighted by Gasteiger charge is 2.19. The number of halogens is 1. The van der Waals surface area contributed by atoms with E-state index in [2.05, 4.69) is 10.2 Å². The maximum Gasteiger partial charge on any atom is 0.341 e. The molecule has 0 fully saturated rings. The number of rotatable bonds is 4. The molecule has 3 aromatic rings. The van der Waals surface area contributed by atoms with Crippen LogP contribution in [-0.2, 0) is 0 Å². The van der Waals surface area contributed by atoms with E-state index in [1.54, 1.807) is 13.0 Å². The van der Waals surface area contributed by atoms with Gasteiger partial charge in [-0.05, 0) is 30.7 Å². The van der Waals surface area contributed by atoms with E-state index >= 15 is 0 Å². The van der Waals surface area contributed by atoms with Crippen LogP contribution in [0.4, 0.5) is 0 Å². The van der Waals surface area contributed by atoms with Crippen LogP contribution in [0.25, 0.3) is 11.0 Å². The van der Waals surface area contributed by atoms with E-state index < -0.39 is 11.6 Å². The summed E-state index contributed by atoms with van der Waals surface area (Å²) >= 11 is 5.64. The van der Waals surface area contributed by atoms with Crippen molar-refractivity contribution < 1.29 is 23.8 Å². The molecule has 25 heavy (non-hydrogen) atoms. The van der Waals surface area contributed by atoms with Gasteiger partial charge in [0.2, 0.25) is 0 Å². The summed E-state index contributed by atoms with van der Waals surface area (Å²) in [4.78, 5) is 34.4. The summed E-state index contributed by atoms with van der Waals surface area (Å²) < 4.78 is 10.5. The molecule has 1 N–H and O–H groups in total. The minimum atomic E-state index is -1.33. The van der Waals surface area contributed by atoms with Crippen molar-refractivity contribution in [3.8, 4) is 11.6 Å². The third-order valence-corrected chi connectivity index (χ3v) is 3.59. The van der Waals surface area contributed by atoms with Crippen molar-refractivity contribution in [1.29, 1.82) is 0 Å². The van der Waals surface area contributed by atoms with Crippen molar-refractivity contribution in [2.75, 3.05) is 0 Å². The Kier molecular flexibility index (Phi) is 4.20. The standard InChI is InChI=1S/C16H9ClN2O6/c1-7-4-13(21)25-14-8(7)2-3-11(10(14)6-20)24-15-9(16(22)23)5-12(17)18-19-15/h2-6H,1H3,(H,22,23). The quantitative estimate of drug-likeness (QED) is 0.557. The normalized spacial score (nSPS) is 10.6. The number of aromatic carboxylic acids is 1. The third kappa shape index (κ3) is 3.07. The van der Waals surface area contributed by atoms with Crippen molar-refractivity contribution in [1.82, 2.24) is 10.2 Å². The number of carboxylic acids is 1. The fraction of sp³-hybridized carbons (Fsp3) is 0.0625. The van der Waals surface area contributed by atoms with Gasteiger partial charge in [0.25, 0.3) is 5.88 Å². The Morgan fingerprint density at radius 2 is 2.08 bits per heavy atom. The minimum absolute atomic E-state index is 0.0321. The molecule has 0 aliphatic carbocycles. The van der Waals surface area contributed by atoms with Crippen molar-refractivity contribution >= 4 is 34.8 Å². The van der Waals surface area contributed by atoms with Gasteiger partial charge in [-0.1, -0.05) is 11.6 Å². The Balaban J connectivity index is 2.19. The first kappa shape index (κ1) is 16.6. The Morgan fingerprint density at radius 1 is 1.32 bits per heavy atom. The van der Waals surface area contributed by atoms with Gasteiger partial charge in [0.1, 0.15) is 16.9 Å². The van der Waals surface area contributed by atoms with Crippen molar-refractivity contribution in [2.24, 2.45) is 0 Å². The molecule has 0 atom stereocenters. The summed E-state index contributed by atoms with van der Waals surface area (Å²) in [5.41, 5.74) is -0.341. The first-order valence-corrected chi connectivity index (χ1v) is 7.25. The van der Waals surface area contributed by atoms with Crippen LogP contribution in [-0.4, -0.2) is 27.6 Å². The predicted molar refractivity (Wildman–Crippen MR) is 86.7 cm³/mol. The molecule has 0 amide bonds. The summed E-state index contributed by atoms with van der Waals surface area (Å²) in [7, 11) is 0. The van der Waals surface area contributed by atoms with Crippen LogP contribution < -0.4 is 10.4 Å². The number of hydrogen-bond acceptors (Lipinski definition) is 7. The number of fused-ring (bicyclic) bond motifs is 1. The number of aryl methyl sites for hydroxylation is 1. The van der Waals surface area contributed by atoms with E-state index in [9.17, 15) is 19.5 Å². The molecule has 9 heteroatoms. The van der Waals surface area contributed by atoms with E-state index in [-0.39, 0.29) is 33.5 Å². The van der Waals surface area contributed by atoms with E-state index in [1.807, 2.05) is 0 Å². The van der Waals surface area contributed by atoms with Crippen LogP contribution in [0, 0.1) is 6.92 Å². The Hall–Kier alpha value is -3.26. The van der Waals surface area contributed by atoms with Gasteiger partial charge in [0.15, 0.2) is 17.0 Å². The first-order chi connectivity index (χ1) is 11.9. The number of ether oxygens (including phenoxy) is 1. The first-order valence-electron chi connectivity index (χ1n) is 6.87. The van der Waals surface area contributed by atoms with E-state index in [1.165, 1.54) is 12.1 Å². The summed E-state index contributed by atoms with van der Waals surface area (Å²) in [5, 5.41) is 16.8. The second-order valence-electron chi connectivity index (χ2n) is 5.01. The van der Waals surface area contributed by atoms with Crippen molar-refractivity contribution in [2.45, 2.75) is 6.92 Å². The maximum absolute atomic E-state index is 11.6. The molecule has 2 heterocycles. The number of carbonyl (C=O) groups is 2. The van der Waals surface area contributed by atoms with Crippen molar-refractivity contribution in [3.63, 3.8) is 0 Å². The second kappa shape index (κ2) is 6.33. The topological polar surface area (TPSA) is 120 Å². The zero-order valence-electron chi connectivity index (χ0n) is 12.6. The molecule has 2 aromatic heterocycles. The van der Waals surface area contributed by atoms with Crippen molar-refractivity contribution in [3.05, 3.63) is 56.5 Å². The summed E-state index contributed by atoms with van der Waals surface area (Å²) in [6.45, 7) is 1.70. The third-order valence-electron chi connectivity index (χ3n) is 3.40. The Bertz CT molecular complexity index is 1080. The Morgan fingerprint density at radius 3 is 2.76 bits per heavy atom. The van der Waals surface area contributed by atoms with Crippen LogP contribution in [0.3, 0.4) is 0 Å². The molecule has 3 rings (SSSR count). The van der Waals surface area contributed by atoms with Crippen LogP contribution in [0.15, 0.2) is 33.5 Å². The predicted octanol–water partition coefficient (Wildman–Crippen LogP) is 2.85. The highest BCUT2D eigenvalue weighted by atomic mass is 35.5. The van der Waals surface area contributed by atoms with Crippen LogP contribution >= 0.6 is 11.6 Å². The van der Waals surface area contributed by atoms with Crippen LogP contribution in [0.2, 0.25) is 5.15 Å². The van der Waals surface area contributed by atoms with E-state index in [4.69, 9.17) is 20.8 Å². The largest absolute Gasteiger partial charge is 0.477 e. The fourth-order valence-corrected chi connectivity index (χ4v) is 2.42. The summed E-state index contributed by atoms with van der Waals surface area (Å²) in [5.74, 6) is -1.72. The summed E-state index contributed by atoms with van der Waals surface area (Å²) in [6, 6.07) is 5.39. The monoisotopic (exact) mass is 360 g/mol. The molecule has 0 radical (unpaired) electrons. The lowest BCUT2D eigenvalue weighted by Gasteiger charge is -2.10. The number of carbonyl (C=O) groups excluding carboxylic acids is 1. The van der Waals surface area contributed by atoms with Gasteiger partial charge in [-0.2, -0.15) is 0 Å². The smallest absolute Gasteiger partial charge is 0.341 e. The lowest BCUT2D eigenvalue weighted by atomic mass is 10.1. The molecule has 0 spiro atoms. The van der Waals surface area contributed by atoms with Gasteiger partial charge in [0.05, 0.1) is 0 Å². The number of nitrogens with zero attached hydrogens (tertiary/aromatic N) is 2. The van der Waals surface area contributed by atoms with Gasteiger partial charge in [-0.25, -0.2) is 9.59 Å². The molecule has 0 aliphatic heterocycles. The molecule has 126 valence electrons. The number of hydrogen-bond donors (Lipinski definition) is 1. The molecular formula is C16H9ClN2O6. The minimum Gasteiger partial charge on any atom is -0.477 e. The molecule has 0 aliphatic rings. The maximum atomic E-state index is 11.6. The highest BCUT2D eigenvalue weighted by molar-refractivity contribution is 6.29. The zero-order chi connectivity index (χ0) is 18.1. The molecular weight excluding hydrogens is 352 g/mol. The van der Waals surface area contributed by atoms with Gasteiger partial charge in [-0.3, -0.25) is 4.79 Å². The van der Waals surface area contributed by atoms with E-state index in [0.717, 1.165) is 6.07 Å². The lowest BCUT2D eigenvalue weighted by molar-refractivity contribution is 0.0693. The van der Waals surface area contributed by atoms with Gasteiger partial charge >= 0.3 is 11.6 Å². The van der Waals surface area contributed by atoms with Gasteiger partial charge < -0.3 is 14.3 Å². The molecule has 8 nitrogen and oxygen atoms in total. The second-order valence-corrected chi connectivity index (χ2v) is 5.40. The van der Waals surface area contributed by atoms with Gasteiger partial charge in [0, 0.05) is 11.5 Å². The average molecular weight is 361 g/mol. The fourth-order valence-electron chi connectivity index (χ4n) is 2.28. The lowest BCUT2D eigenvalue weighted by Crippen LogP contribution is -2.05. The number of aromatic nitrogens is 2. The molecule has 0 bridgehead atoms. The number of carboxylic acid groups (broad SMARTS) is 1. The number of benzene rings is 1. The molecule has 0 saturated heterocycles. The van der Waals surface area contributed by atoms with E-state index in [0.29, 0.717) is 17.2 Å². The molecule has 0 unspecified atom stereocenters. The SMILES string of the molecule is Cc1cc(=O)oc2c(C=O)c(Oc3nnc(Cl)cc3C(=O)O)ccc12. The van der Waals surface area contributed by atoms with Crippen LogP contribution in [0.1, 0.15) is 26.3 Å². The highest BCUT2D eigenvalue weighted by Crippen LogP contribution is 2.31. The zero-order valence-corrected chi connectivity index (χ0v) is 13.4. The Labute approximate surface area is 144 Å². The van der Waals surface area contributed by atoms with Crippen LogP contribution in [0.5, 0.6) is 11.6 Å². The number of aldehydes is 1. The molecule has 0 saturated carbocycles. The van der Waals surface area contributed by atoms with Gasteiger partial charge in [-0.15, -0.1) is 10.2 Å².